The van der Waals surface area contributed by atoms with Gasteiger partial charge in [0.1, 0.15) is 0 Å². The number of nitrogens with one attached hydrogen (secondary N) is 1. The van der Waals surface area contributed by atoms with Gasteiger partial charge in [-0.2, -0.15) is 0 Å². The first-order chi connectivity index (χ1) is 8.40. The van der Waals surface area contributed by atoms with Gasteiger partial charge in [-0.15, -0.1) is 0 Å². The summed E-state index contributed by atoms with van der Waals surface area (Å²) in [6.45, 7) is 16.7. The van der Waals surface area contributed by atoms with E-state index in [0.29, 0.717) is 5.92 Å². The fourth-order valence-corrected chi connectivity index (χ4v) is 2.05. The van der Waals surface area contributed by atoms with Gasteiger partial charge in [0, 0.05) is 5.70 Å². The third kappa shape index (κ3) is 4.40. The first-order valence-electron chi connectivity index (χ1n) is 6.56. The van der Waals surface area contributed by atoms with Gasteiger partial charge in [0.2, 0.25) is 0 Å². The number of aryl methyl sites for hydroxylation is 1. The molecule has 0 radical (unpaired) electrons. The highest BCUT2D eigenvalue weighted by Gasteiger charge is 2.15. The van der Waals surface area contributed by atoms with Crippen LogP contribution in [0.5, 0.6) is 0 Å². The maximum atomic E-state index is 4.22. The quantitative estimate of drug-likeness (QED) is 0.737. The van der Waals surface area contributed by atoms with Gasteiger partial charge in [0.25, 0.3) is 0 Å². The maximum Gasteiger partial charge on any atom is 0.0510 e. The molecular formula is C17H25N. The van der Waals surface area contributed by atoms with E-state index in [9.17, 15) is 0 Å². The van der Waals surface area contributed by atoms with Crippen molar-refractivity contribution in [1.82, 2.24) is 5.32 Å². The molecule has 0 saturated carbocycles. The monoisotopic (exact) mass is 243 g/mol. The van der Waals surface area contributed by atoms with Crippen LogP contribution in [0.4, 0.5) is 0 Å². The summed E-state index contributed by atoms with van der Waals surface area (Å²) in [6, 6.07) is 8.92. The van der Waals surface area contributed by atoms with Crippen molar-refractivity contribution < 1.29 is 0 Å². The Morgan fingerprint density at radius 3 is 2.44 bits per heavy atom. The first kappa shape index (κ1) is 14.6. The highest BCUT2D eigenvalue weighted by atomic mass is 14.9. The molecule has 0 aliphatic heterocycles. The number of hydrogen-bond donors (Lipinski definition) is 1. The van der Waals surface area contributed by atoms with E-state index in [1.54, 1.807) is 0 Å². The van der Waals surface area contributed by atoms with Gasteiger partial charge in [-0.25, -0.2) is 0 Å². The molecule has 18 heavy (non-hydrogen) atoms. The molecule has 1 heteroatoms. The van der Waals surface area contributed by atoms with Crippen LogP contribution in [-0.2, 0) is 6.42 Å². The minimum atomic E-state index is 0.268. The normalized spacial score (nSPS) is 12.3. The zero-order chi connectivity index (χ0) is 13.7. The first-order valence-corrected chi connectivity index (χ1v) is 6.56. The highest BCUT2D eigenvalue weighted by molar-refractivity contribution is 5.26. The van der Waals surface area contributed by atoms with Gasteiger partial charge in [-0.3, -0.25) is 0 Å². The maximum absolute atomic E-state index is 4.22. The van der Waals surface area contributed by atoms with Crippen molar-refractivity contribution in [3.63, 3.8) is 0 Å². The Bertz CT molecular complexity index is 429. The lowest BCUT2D eigenvalue weighted by molar-refractivity contribution is 0.570. The summed E-state index contributed by atoms with van der Waals surface area (Å²) in [5, 5.41) is 3.43. The second kappa shape index (κ2) is 6.44. The lowest BCUT2D eigenvalue weighted by Gasteiger charge is -2.25. The second-order valence-electron chi connectivity index (χ2n) is 5.40. The summed E-state index contributed by atoms with van der Waals surface area (Å²) in [5.41, 5.74) is 4.88. The van der Waals surface area contributed by atoms with Crippen molar-refractivity contribution in [2.75, 3.05) is 0 Å². The van der Waals surface area contributed by atoms with Crippen LogP contribution in [-0.4, -0.2) is 6.04 Å². The second-order valence-corrected chi connectivity index (χ2v) is 5.40. The predicted molar refractivity (Wildman–Crippen MR) is 80.6 cm³/mol. The lowest BCUT2D eigenvalue weighted by atomic mass is 9.92. The number of allylic oxidation sites excluding steroid dienone is 1. The van der Waals surface area contributed by atoms with Crippen LogP contribution < -0.4 is 5.32 Å². The SMILES string of the molecule is C=C(C)NC(Cc1cccc(C)c1)C(=C)C(C)C. The molecule has 98 valence electrons. The molecule has 1 atom stereocenters. The fourth-order valence-electron chi connectivity index (χ4n) is 2.05. The molecule has 0 saturated heterocycles. The summed E-state index contributed by atoms with van der Waals surface area (Å²) in [4.78, 5) is 0. The Balaban J connectivity index is 2.84. The molecule has 0 heterocycles. The van der Waals surface area contributed by atoms with Crippen LogP contribution in [0.25, 0.3) is 0 Å². The fraction of sp³-hybridized carbons (Fsp3) is 0.412. The Morgan fingerprint density at radius 1 is 1.28 bits per heavy atom. The lowest BCUT2D eigenvalue weighted by Crippen LogP contribution is -2.32. The summed E-state index contributed by atoms with van der Waals surface area (Å²) in [7, 11) is 0. The van der Waals surface area contributed by atoms with Gasteiger partial charge >= 0.3 is 0 Å². The van der Waals surface area contributed by atoms with Crippen LogP contribution in [0, 0.1) is 12.8 Å². The van der Waals surface area contributed by atoms with Gasteiger partial charge < -0.3 is 5.32 Å². The summed E-state index contributed by atoms with van der Waals surface area (Å²) in [5.74, 6) is 0.478. The molecule has 1 aromatic carbocycles. The summed E-state index contributed by atoms with van der Waals surface area (Å²) < 4.78 is 0. The van der Waals surface area contributed by atoms with Crippen LogP contribution in [0.3, 0.4) is 0 Å². The average molecular weight is 243 g/mol. The molecule has 0 spiro atoms. The molecule has 0 fully saturated rings. The van der Waals surface area contributed by atoms with Gasteiger partial charge in [-0.05, 0) is 31.7 Å². The molecular weight excluding hydrogens is 218 g/mol. The molecule has 0 bridgehead atoms. The zero-order valence-corrected chi connectivity index (χ0v) is 12.1. The van der Waals surface area contributed by atoms with Gasteiger partial charge in [0.15, 0.2) is 0 Å². The summed E-state index contributed by atoms with van der Waals surface area (Å²) in [6.07, 6.45) is 0.964. The summed E-state index contributed by atoms with van der Waals surface area (Å²) >= 11 is 0. The van der Waals surface area contributed by atoms with Crippen molar-refractivity contribution in [2.24, 2.45) is 5.92 Å². The molecule has 1 aromatic rings. The van der Waals surface area contributed by atoms with Crippen molar-refractivity contribution in [2.45, 2.75) is 40.2 Å². The van der Waals surface area contributed by atoms with E-state index in [0.717, 1.165) is 12.1 Å². The highest BCUT2D eigenvalue weighted by Crippen LogP contribution is 2.17. The Morgan fingerprint density at radius 2 is 1.94 bits per heavy atom. The minimum absolute atomic E-state index is 0.268. The van der Waals surface area contributed by atoms with Crippen LogP contribution in [0.2, 0.25) is 0 Å². The molecule has 0 aliphatic carbocycles. The molecule has 1 N–H and O–H groups in total. The van der Waals surface area contributed by atoms with Crippen molar-refractivity contribution >= 4 is 0 Å². The molecule has 0 aliphatic rings. The topological polar surface area (TPSA) is 12.0 Å². The van der Waals surface area contributed by atoms with E-state index in [1.165, 1.54) is 16.7 Å². The molecule has 0 amide bonds. The smallest absolute Gasteiger partial charge is 0.0510 e. The number of benzene rings is 1. The van der Waals surface area contributed by atoms with E-state index in [-0.39, 0.29) is 6.04 Å². The van der Waals surface area contributed by atoms with E-state index in [4.69, 9.17) is 0 Å². The number of rotatable bonds is 6. The third-order valence-electron chi connectivity index (χ3n) is 3.13. The Labute approximate surface area is 112 Å². The van der Waals surface area contributed by atoms with E-state index < -0.39 is 0 Å². The van der Waals surface area contributed by atoms with E-state index in [2.05, 4.69) is 63.5 Å². The van der Waals surface area contributed by atoms with Crippen molar-refractivity contribution in [3.05, 3.63) is 59.8 Å². The minimum Gasteiger partial charge on any atom is -0.382 e. The van der Waals surface area contributed by atoms with Crippen LogP contribution in [0.1, 0.15) is 31.9 Å². The number of hydrogen-bond acceptors (Lipinski definition) is 1. The zero-order valence-electron chi connectivity index (χ0n) is 12.1. The van der Waals surface area contributed by atoms with Crippen molar-refractivity contribution in [1.29, 1.82) is 0 Å². The molecule has 1 unspecified atom stereocenters. The van der Waals surface area contributed by atoms with Crippen LogP contribution >= 0.6 is 0 Å². The van der Waals surface area contributed by atoms with Gasteiger partial charge in [0.05, 0.1) is 6.04 Å². The molecule has 1 nitrogen and oxygen atoms in total. The largest absolute Gasteiger partial charge is 0.382 e. The predicted octanol–water partition coefficient (Wildman–Crippen LogP) is 4.24. The molecule has 0 aromatic heterocycles. The van der Waals surface area contributed by atoms with Gasteiger partial charge in [-0.1, -0.05) is 62.4 Å². The average Bonchev–Trinajstić information content (AvgIpc) is 2.26. The van der Waals surface area contributed by atoms with E-state index in [1.807, 2.05) is 6.92 Å². The Hall–Kier alpha value is -1.50. The standard InChI is InChI=1S/C17H25N/c1-12(2)15(6)17(18-13(3)4)11-16-9-7-8-14(5)10-16/h7-10,12,17-18H,3,6,11H2,1-2,4-5H3. The third-order valence-corrected chi connectivity index (χ3v) is 3.13. The Kier molecular flexibility index (Phi) is 5.21. The van der Waals surface area contributed by atoms with E-state index >= 15 is 0 Å². The molecule has 1 rings (SSSR count). The van der Waals surface area contributed by atoms with Crippen molar-refractivity contribution in [3.8, 4) is 0 Å². The van der Waals surface area contributed by atoms with Crippen LogP contribution in [0.15, 0.2) is 48.7 Å².